The van der Waals surface area contributed by atoms with E-state index in [1.807, 2.05) is 20.0 Å². The van der Waals surface area contributed by atoms with Gasteiger partial charge < -0.3 is 10.6 Å². The Hall–Kier alpha value is -0.340. The number of likely N-dealkylation sites (N-methyl/N-ethyl adjacent to an activating group) is 1. The molecule has 0 aromatic heterocycles. The molecular weight excluding hydrogens is 112 g/mol. The summed E-state index contributed by atoms with van der Waals surface area (Å²) in [7, 11) is 2.03. The van der Waals surface area contributed by atoms with Gasteiger partial charge in [0, 0.05) is 19.1 Å². The molecular formula is C7H16N2. The Morgan fingerprint density at radius 3 is 2.67 bits per heavy atom. The molecule has 0 fully saturated rings. The highest BCUT2D eigenvalue weighted by atomic mass is 15.1. The fourth-order valence-corrected chi connectivity index (χ4v) is 0.787. The van der Waals surface area contributed by atoms with E-state index in [9.17, 15) is 0 Å². The Kier molecular flexibility index (Phi) is 4.36. The lowest BCUT2D eigenvalue weighted by atomic mass is 10.3. The van der Waals surface area contributed by atoms with Crippen LogP contribution < -0.4 is 5.73 Å². The van der Waals surface area contributed by atoms with Crippen LogP contribution in [0.4, 0.5) is 0 Å². The molecule has 0 spiro atoms. The summed E-state index contributed by atoms with van der Waals surface area (Å²) in [5.74, 6) is 0. The number of nitrogens with zero attached hydrogens (tertiary/aromatic N) is 1. The van der Waals surface area contributed by atoms with Gasteiger partial charge in [-0.15, -0.1) is 6.58 Å². The van der Waals surface area contributed by atoms with Crippen LogP contribution in [0.15, 0.2) is 12.7 Å². The van der Waals surface area contributed by atoms with Crippen molar-refractivity contribution in [2.75, 3.05) is 20.1 Å². The van der Waals surface area contributed by atoms with Gasteiger partial charge in [0.2, 0.25) is 0 Å². The van der Waals surface area contributed by atoms with E-state index in [0.717, 1.165) is 13.1 Å². The first-order valence-electron chi connectivity index (χ1n) is 3.22. The predicted molar refractivity (Wildman–Crippen MR) is 41.3 cm³/mol. The van der Waals surface area contributed by atoms with Gasteiger partial charge in [0.15, 0.2) is 0 Å². The third-order valence-electron chi connectivity index (χ3n) is 1.04. The summed E-state index contributed by atoms with van der Waals surface area (Å²) in [6.45, 7) is 7.48. The van der Waals surface area contributed by atoms with E-state index in [-0.39, 0.29) is 6.04 Å². The highest BCUT2D eigenvalue weighted by Gasteiger charge is 1.97. The number of hydrogen-bond donors (Lipinski definition) is 1. The fraction of sp³-hybridized carbons (Fsp3) is 0.714. The van der Waals surface area contributed by atoms with E-state index >= 15 is 0 Å². The van der Waals surface area contributed by atoms with Crippen LogP contribution in [0.25, 0.3) is 0 Å². The Balaban J connectivity index is 3.25. The summed E-state index contributed by atoms with van der Waals surface area (Å²) < 4.78 is 0. The standard InChI is InChI=1S/C7H16N2/c1-4-5-9(3)6-7(2)8/h4,7H,1,5-6,8H2,2-3H3. The van der Waals surface area contributed by atoms with Crippen LogP contribution in [0.3, 0.4) is 0 Å². The summed E-state index contributed by atoms with van der Waals surface area (Å²) in [4.78, 5) is 2.14. The maximum Gasteiger partial charge on any atom is 0.0158 e. The molecule has 0 aliphatic heterocycles. The average molecular weight is 128 g/mol. The summed E-state index contributed by atoms with van der Waals surface area (Å²) in [5.41, 5.74) is 5.55. The Morgan fingerprint density at radius 1 is 1.78 bits per heavy atom. The van der Waals surface area contributed by atoms with Crippen molar-refractivity contribution in [2.24, 2.45) is 5.73 Å². The van der Waals surface area contributed by atoms with Gasteiger partial charge in [-0.3, -0.25) is 0 Å². The Bertz CT molecular complexity index is 79.0. The van der Waals surface area contributed by atoms with Gasteiger partial charge in [0.1, 0.15) is 0 Å². The molecule has 2 heteroatoms. The molecule has 0 aromatic rings. The van der Waals surface area contributed by atoms with Crippen molar-refractivity contribution in [2.45, 2.75) is 13.0 Å². The molecule has 0 bridgehead atoms. The van der Waals surface area contributed by atoms with Crippen molar-refractivity contribution < 1.29 is 0 Å². The molecule has 54 valence electrons. The third-order valence-corrected chi connectivity index (χ3v) is 1.04. The molecule has 0 heterocycles. The largest absolute Gasteiger partial charge is 0.327 e. The average Bonchev–Trinajstić information content (AvgIpc) is 1.63. The lowest BCUT2D eigenvalue weighted by Gasteiger charge is -2.15. The van der Waals surface area contributed by atoms with E-state index in [1.54, 1.807) is 0 Å². The smallest absolute Gasteiger partial charge is 0.0158 e. The van der Waals surface area contributed by atoms with E-state index < -0.39 is 0 Å². The number of rotatable bonds is 4. The first-order valence-corrected chi connectivity index (χ1v) is 3.22. The van der Waals surface area contributed by atoms with E-state index in [0.29, 0.717) is 0 Å². The Labute approximate surface area is 57.3 Å². The Morgan fingerprint density at radius 2 is 2.33 bits per heavy atom. The number of hydrogen-bond acceptors (Lipinski definition) is 2. The van der Waals surface area contributed by atoms with Crippen molar-refractivity contribution in [1.82, 2.24) is 4.90 Å². The molecule has 0 radical (unpaired) electrons. The first kappa shape index (κ1) is 8.66. The summed E-state index contributed by atoms with van der Waals surface area (Å²) in [6, 6.07) is 0.259. The molecule has 0 rings (SSSR count). The summed E-state index contributed by atoms with van der Waals surface area (Å²) in [5, 5.41) is 0. The molecule has 0 aliphatic carbocycles. The highest BCUT2D eigenvalue weighted by molar-refractivity contribution is 4.72. The molecule has 9 heavy (non-hydrogen) atoms. The maximum atomic E-state index is 5.55. The van der Waals surface area contributed by atoms with Gasteiger partial charge in [-0.1, -0.05) is 6.08 Å². The quantitative estimate of drug-likeness (QED) is 0.557. The normalized spacial score (nSPS) is 13.8. The van der Waals surface area contributed by atoms with Gasteiger partial charge >= 0.3 is 0 Å². The van der Waals surface area contributed by atoms with Crippen molar-refractivity contribution in [1.29, 1.82) is 0 Å². The lowest BCUT2D eigenvalue weighted by molar-refractivity contribution is 0.349. The minimum absolute atomic E-state index is 0.259. The van der Waals surface area contributed by atoms with Crippen LogP contribution in [0, 0.1) is 0 Å². The van der Waals surface area contributed by atoms with Crippen LogP contribution in [-0.2, 0) is 0 Å². The van der Waals surface area contributed by atoms with Crippen LogP contribution in [0.5, 0.6) is 0 Å². The molecule has 2 nitrogen and oxygen atoms in total. The third kappa shape index (κ3) is 5.53. The van der Waals surface area contributed by atoms with Gasteiger partial charge in [0.25, 0.3) is 0 Å². The summed E-state index contributed by atoms with van der Waals surface area (Å²) in [6.07, 6.45) is 1.88. The van der Waals surface area contributed by atoms with Gasteiger partial charge in [-0.25, -0.2) is 0 Å². The zero-order valence-electron chi connectivity index (χ0n) is 6.30. The topological polar surface area (TPSA) is 29.3 Å². The molecule has 1 unspecified atom stereocenters. The molecule has 0 aromatic carbocycles. The van der Waals surface area contributed by atoms with Gasteiger partial charge in [0.05, 0.1) is 0 Å². The SMILES string of the molecule is C=CCN(C)CC(C)N. The molecule has 1 atom stereocenters. The molecule has 0 amide bonds. The molecule has 0 saturated carbocycles. The molecule has 0 saturated heterocycles. The monoisotopic (exact) mass is 128 g/mol. The van der Waals surface area contributed by atoms with E-state index in [4.69, 9.17) is 5.73 Å². The highest BCUT2D eigenvalue weighted by Crippen LogP contribution is 1.84. The van der Waals surface area contributed by atoms with Gasteiger partial charge in [-0.2, -0.15) is 0 Å². The second-order valence-electron chi connectivity index (χ2n) is 2.49. The zero-order valence-corrected chi connectivity index (χ0v) is 6.30. The molecule has 0 aliphatic rings. The van der Waals surface area contributed by atoms with E-state index in [2.05, 4.69) is 11.5 Å². The van der Waals surface area contributed by atoms with Crippen molar-refractivity contribution in [3.8, 4) is 0 Å². The van der Waals surface area contributed by atoms with Crippen molar-refractivity contribution >= 4 is 0 Å². The maximum absolute atomic E-state index is 5.55. The van der Waals surface area contributed by atoms with Crippen LogP contribution >= 0.6 is 0 Å². The lowest BCUT2D eigenvalue weighted by Crippen LogP contribution is -2.32. The second kappa shape index (κ2) is 4.53. The zero-order chi connectivity index (χ0) is 7.28. The van der Waals surface area contributed by atoms with Crippen LogP contribution in [0.1, 0.15) is 6.92 Å². The van der Waals surface area contributed by atoms with Crippen LogP contribution in [0.2, 0.25) is 0 Å². The van der Waals surface area contributed by atoms with Gasteiger partial charge in [-0.05, 0) is 14.0 Å². The first-order chi connectivity index (χ1) is 4.16. The molecule has 2 N–H and O–H groups in total. The minimum Gasteiger partial charge on any atom is -0.327 e. The minimum atomic E-state index is 0.259. The van der Waals surface area contributed by atoms with Crippen molar-refractivity contribution in [3.05, 3.63) is 12.7 Å². The fourth-order valence-electron chi connectivity index (χ4n) is 0.787. The predicted octanol–water partition coefficient (Wildman–Crippen LogP) is 0.451. The second-order valence-corrected chi connectivity index (χ2v) is 2.49. The number of nitrogens with two attached hydrogens (primary N) is 1. The van der Waals surface area contributed by atoms with Crippen molar-refractivity contribution in [3.63, 3.8) is 0 Å². The summed E-state index contributed by atoms with van der Waals surface area (Å²) >= 11 is 0. The van der Waals surface area contributed by atoms with E-state index in [1.165, 1.54) is 0 Å². The van der Waals surface area contributed by atoms with Crippen LogP contribution in [-0.4, -0.2) is 31.1 Å².